The van der Waals surface area contributed by atoms with Crippen molar-refractivity contribution >= 4 is 5.91 Å². The second kappa shape index (κ2) is 7.56. The molecule has 0 spiro atoms. The Morgan fingerprint density at radius 3 is 2.54 bits per heavy atom. The minimum atomic E-state index is -0.217. The molecular formula is C20H24N4O2. The van der Waals surface area contributed by atoms with Crippen molar-refractivity contribution in [2.75, 3.05) is 6.54 Å². The van der Waals surface area contributed by atoms with Gasteiger partial charge in [0.25, 0.3) is 5.91 Å². The number of nitrogens with one attached hydrogen (secondary N) is 1. The Labute approximate surface area is 153 Å². The fraction of sp³-hybridized carbons (Fsp3) is 0.350. The van der Waals surface area contributed by atoms with Crippen LogP contribution in [0.25, 0.3) is 0 Å². The summed E-state index contributed by atoms with van der Waals surface area (Å²) in [6.45, 7) is 8.83. The van der Waals surface area contributed by atoms with E-state index in [9.17, 15) is 4.79 Å². The summed E-state index contributed by atoms with van der Waals surface area (Å²) in [5.74, 6) is 0.423. The predicted molar refractivity (Wildman–Crippen MR) is 99.3 cm³/mol. The predicted octanol–water partition coefficient (Wildman–Crippen LogP) is 3.13. The molecule has 0 saturated carbocycles. The van der Waals surface area contributed by atoms with E-state index in [0.29, 0.717) is 24.5 Å². The van der Waals surface area contributed by atoms with E-state index in [1.165, 1.54) is 11.1 Å². The van der Waals surface area contributed by atoms with Gasteiger partial charge in [-0.1, -0.05) is 35.0 Å². The molecule has 1 N–H and O–H groups in total. The van der Waals surface area contributed by atoms with Crippen LogP contribution in [0.3, 0.4) is 0 Å². The van der Waals surface area contributed by atoms with Crippen molar-refractivity contribution < 1.29 is 9.32 Å². The van der Waals surface area contributed by atoms with Crippen molar-refractivity contribution in [1.82, 2.24) is 20.3 Å². The minimum Gasteiger partial charge on any atom is -0.361 e. The Hall–Kier alpha value is -2.89. The largest absolute Gasteiger partial charge is 0.361 e. The Morgan fingerprint density at radius 2 is 1.88 bits per heavy atom. The van der Waals surface area contributed by atoms with Gasteiger partial charge >= 0.3 is 0 Å². The van der Waals surface area contributed by atoms with E-state index in [-0.39, 0.29) is 5.91 Å². The molecule has 0 unspecified atom stereocenters. The minimum absolute atomic E-state index is 0.217. The molecule has 136 valence electrons. The highest BCUT2D eigenvalue weighted by Gasteiger charge is 2.20. The van der Waals surface area contributed by atoms with Crippen LogP contribution >= 0.6 is 0 Å². The molecule has 26 heavy (non-hydrogen) atoms. The molecule has 0 fully saturated rings. The standard InChI is InChI=1S/C20H24N4O2/c1-13-5-7-17(8-6-13)9-10-21-20(25)19-18(16(4)26-23-19)12-24-15(3)11-14(2)22-24/h5-8,11H,9-10,12H2,1-4H3,(H,21,25). The summed E-state index contributed by atoms with van der Waals surface area (Å²) in [5, 5.41) is 11.3. The fourth-order valence-electron chi connectivity index (χ4n) is 2.90. The van der Waals surface area contributed by atoms with E-state index in [4.69, 9.17) is 4.52 Å². The van der Waals surface area contributed by atoms with Crippen LogP contribution in [-0.4, -0.2) is 27.4 Å². The van der Waals surface area contributed by atoms with Gasteiger partial charge in [-0.2, -0.15) is 5.10 Å². The number of hydrogen-bond donors (Lipinski definition) is 1. The summed E-state index contributed by atoms with van der Waals surface area (Å²) in [6, 6.07) is 10.3. The van der Waals surface area contributed by atoms with Gasteiger partial charge in [0.05, 0.1) is 12.2 Å². The van der Waals surface area contributed by atoms with Crippen LogP contribution < -0.4 is 5.32 Å². The molecule has 0 aliphatic carbocycles. The van der Waals surface area contributed by atoms with Crippen LogP contribution in [0.5, 0.6) is 0 Å². The quantitative estimate of drug-likeness (QED) is 0.740. The monoisotopic (exact) mass is 352 g/mol. The Kier molecular flexibility index (Phi) is 5.21. The average Bonchev–Trinajstić information content (AvgIpc) is 3.12. The van der Waals surface area contributed by atoms with Crippen molar-refractivity contribution in [3.8, 4) is 0 Å². The zero-order chi connectivity index (χ0) is 18.7. The Morgan fingerprint density at radius 1 is 1.15 bits per heavy atom. The molecule has 0 aliphatic heterocycles. The summed E-state index contributed by atoms with van der Waals surface area (Å²) < 4.78 is 7.12. The molecule has 6 nitrogen and oxygen atoms in total. The van der Waals surface area contributed by atoms with Gasteiger partial charge < -0.3 is 9.84 Å². The summed E-state index contributed by atoms with van der Waals surface area (Å²) in [4.78, 5) is 12.5. The molecule has 0 radical (unpaired) electrons. The Bertz CT molecular complexity index is 907. The maximum atomic E-state index is 12.5. The van der Waals surface area contributed by atoms with Crippen molar-refractivity contribution in [3.05, 3.63) is 69.9 Å². The highest BCUT2D eigenvalue weighted by molar-refractivity contribution is 5.93. The van der Waals surface area contributed by atoms with Crippen LogP contribution in [0.1, 0.15) is 44.3 Å². The number of carbonyl (C=O) groups is 1. The second-order valence-electron chi connectivity index (χ2n) is 6.64. The van der Waals surface area contributed by atoms with Crippen molar-refractivity contribution in [2.45, 2.75) is 40.7 Å². The maximum Gasteiger partial charge on any atom is 0.273 e. The topological polar surface area (TPSA) is 73.0 Å². The molecule has 0 aliphatic rings. The first-order chi connectivity index (χ1) is 12.4. The van der Waals surface area contributed by atoms with Gasteiger partial charge in [0.2, 0.25) is 0 Å². The summed E-state index contributed by atoms with van der Waals surface area (Å²) in [6.07, 6.45) is 0.773. The van der Waals surface area contributed by atoms with Crippen LogP contribution in [0.2, 0.25) is 0 Å². The van der Waals surface area contributed by atoms with E-state index in [1.807, 2.05) is 31.5 Å². The third-order valence-corrected chi connectivity index (χ3v) is 4.43. The first kappa shape index (κ1) is 17.9. The molecule has 3 rings (SSSR count). The number of hydrogen-bond acceptors (Lipinski definition) is 4. The zero-order valence-corrected chi connectivity index (χ0v) is 15.7. The van der Waals surface area contributed by atoms with Gasteiger partial charge in [-0.05, 0) is 45.7 Å². The molecule has 0 atom stereocenters. The first-order valence-electron chi connectivity index (χ1n) is 8.74. The second-order valence-corrected chi connectivity index (χ2v) is 6.64. The van der Waals surface area contributed by atoms with Crippen LogP contribution in [0, 0.1) is 27.7 Å². The summed E-state index contributed by atoms with van der Waals surface area (Å²) in [5.41, 5.74) is 5.50. The fourth-order valence-corrected chi connectivity index (χ4v) is 2.90. The highest BCUT2D eigenvalue weighted by Crippen LogP contribution is 2.16. The number of aromatic nitrogens is 3. The van der Waals surface area contributed by atoms with Crippen LogP contribution in [0.4, 0.5) is 0 Å². The van der Waals surface area contributed by atoms with Gasteiger partial charge in [-0.15, -0.1) is 0 Å². The van der Waals surface area contributed by atoms with E-state index in [0.717, 1.165) is 23.4 Å². The van der Waals surface area contributed by atoms with Crippen LogP contribution in [-0.2, 0) is 13.0 Å². The lowest BCUT2D eigenvalue weighted by atomic mass is 10.1. The van der Waals surface area contributed by atoms with Crippen molar-refractivity contribution in [2.24, 2.45) is 0 Å². The lowest BCUT2D eigenvalue weighted by Gasteiger charge is -2.07. The normalized spacial score (nSPS) is 10.9. The SMILES string of the molecule is Cc1ccc(CCNC(=O)c2noc(C)c2Cn2nc(C)cc2C)cc1. The van der Waals surface area contributed by atoms with E-state index >= 15 is 0 Å². The average molecular weight is 352 g/mol. The van der Waals surface area contributed by atoms with E-state index in [1.54, 1.807) is 0 Å². The van der Waals surface area contributed by atoms with Gasteiger partial charge in [-0.25, -0.2) is 0 Å². The van der Waals surface area contributed by atoms with Gasteiger partial charge in [0.15, 0.2) is 5.69 Å². The van der Waals surface area contributed by atoms with Gasteiger partial charge in [0, 0.05) is 17.8 Å². The van der Waals surface area contributed by atoms with E-state index in [2.05, 4.69) is 46.8 Å². The molecule has 6 heteroatoms. The number of amides is 1. The van der Waals surface area contributed by atoms with Gasteiger partial charge in [0.1, 0.15) is 5.76 Å². The molecule has 3 aromatic rings. The molecular weight excluding hydrogens is 328 g/mol. The smallest absolute Gasteiger partial charge is 0.273 e. The molecule has 1 amide bonds. The summed E-state index contributed by atoms with van der Waals surface area (Å²) >= 11 is 0. The van der Waals surface area contributed by atoms with Crippen molar-refractivity contribution in [1.29, 1.82) is 0 Å². The lowest BCUT2D eigenvalue weighted by Crippen LogP contribution is -2.27. The molecule has 2 heterocycles. The number of nitrogens with zero attached hydrogens (tertiary/aromatic N) is 3. The zero-order valence-electron chi connectivity index (χ0n) is 15.7. The molecule has 0 saturated heterocycles. The summed E-state index contributed by atoms with van der Waals surface area (Å²) in [7, 11) is 0. The molecule has 1 aromatic carbocycles. The lowest BCUT2D eigenvalue weighted by molar-refractivity contribution is 0.0944. The molecule has 2 aromatic heterocycles. The first-order valence-corrected chi connectivity index (χ1v) is 8.74. The Balaban J connectivity index is 1.66. The number of carbonyl (C=O) groups excluding carboxylic acids is 1. The third kappa shape index (κ3) is 4.02. The third-order valence-electron chi connectivity index (χ3n) is 4.43. The highest BCUT2D eigenvalue weighted by atomic mass is 16.5. The number of aryl methyl sites for hydroxylation is 4. The number of benzene rings is 1. The van der Waals surface area contributed by atoms with Gasteiger partial charge in [-0.3, -0.25) is 9.48 Å². The van der Waals surface area contributed by atoms with Crippen molar-refractivity contribution in [3.63, 3.8) is 0 Å². The van der Waals surface area contributed by atoms with E-state index < -0.39 is 0 Å². The molecule has 0 bridgehead atoms. The van der Waals surface area contributed by atoms with Crippen LogP contribution in [0.15, 0.2) is 34.9 Å². The maximum absolute atomic E-state index is 12.5. The number of rotatable bonds is 6.